The third kappa shape index (κ3) is 4.06. The van der Waals surface area contributed by atoms with Crippen molar-refractivity contribution >= 4 is 11.9 Å². The van der Waals surface area contributed by atoms with Gasteiger partial charge in [-0.3, -0.25) is 9.59 Å². The molecular weight excluding hydrogens is 268 g/mol. The number of amides is 1. The normalized spacial score (nSPS) is 21.3. The minimum Gasteiger partial charge on any atom is -0.481 e. The third-order valence-electron chi connectivity index (χ3n) is 3.91. The fraction of sp³-hybridized carbons (Fsp3) is 0.438. The van der Waals surface area contributed by atoms with E-state index in [0.717, 1.165) is 5.56 Å². The molecule has 1 aromatic rings. The van der Waals surface area contributed by atoms with Gasteiger partial charge in [0.1, 0.15) is 0 Å². The molecular formula is C16H18N2O3. The Balaban J connectivity index is 1.87. The molecule has 2 rings (SSSR count). The van der Waals surface area contributed by atoms with E-state index < -0.39 is 5.97 Å². The van der Waals surface area contributed by atoms with Crippen LogP contribution in [-0.4, -0.2) is 23.0 Å². The average Bonchev–Trinajstić information content (AvgIpc) is 2.49. The van der Waals surface area contributed by atoms with Crippen LogP contribution in [0, 0.1) is 17.2 Å². The van der Waals surface area contributed by atoms with Crippen LogP contribution in [0.2, 0.25) is 0 Å². The summed E-state index contributed by atoms with van der Waals surface area (Å²) >= 11 is 0. The second kappa shape index (κ2) is 6.89. The number of carbonyl (C=O) groups excluding carboxylic acids is 1. The molecule has 0 heterocycles. The lowest BCUT2D eigenvalue weighted by Gasteiger charge is -2.26. The summed E-state index contributed by atoms with van der Waals surface area (Å²) in [6.07, 6.45) is 2.97. The van der Waals surface area contributed by atoms with Crippen LogP contribution >= 0.6 is 0 Å². The Hall–Kier alpha value is -2.35. The summed E-state index contributed by atoms with van der Waals surface area (Å²) < 4.78 is 0. The molecule has 0 spiro atoms. The van der Waals surface area contributed by atoms with Gasteiger partial charge in [0.2, 0.25) is 0 Å². The molecule has 0 aliphatic heterocycles. The summed E-state index contributed by atoms with van der Waals surface area (Å²) in [5, 5.41) is 20.5. The summed E-state index contributed by atoms with van der Waals surface area (Å²) in [4.78, 5) is 23.0. The number of benzene rings is 1. The third-order valence-corrected chi connectivity index (χ3v) is 3.91. The molecule has 5 heteroatoms. The van der Waals surface area contributed by atoms with E-state index in [-0.39, 0.29) is 17.9 Å². The first kappa shape index (κ1) is 15.0. The van der Waals surface area contributed by atoms with Gasteiger partial charge in [0, 0.05) is 11.6 Å². The number of carboxylic acid groups (broad SMARTS) is 1. The molecule has 0 unspecified atom stereocenters. The van der Waals surface area contributed by atoms with Crippen LogP contribution in [0.3, 0.4) is 0 Å². The number of nitriles is 1. The maximum atomic E-state index is 12.1. The molecule has 1 amide bonds. The van der Waals surface area contributed by atoms with E-state index in [0.29, 0.717) is 37.7 Å². The van der Waals surface area contributed by atoms with Crippen LogP contribution in [0.4, 0.5) is 0 Å². The zero-order chi connectivity index (χ0) is 15.2. The van der Waals surface area contributed by atoms with Gasteiger partial charge in [0.25, 0.3) is 5.91 Å². The van der Waals surface area contributed by atoms with E-state index in [9.17, 15) is 9.59 Å². The zero-order valence-electron chi connectivity index (χ0n) is 11.7. The molecule has 1 aliphatic rings. The Morgan fingerprint density at radius 3 is 2.33 bits per heavy atom. The Morgan fingerprint density at radius 2 is 1.81 bits per heavy atom. The summed E-state index contributed by atoms with van der Waals surface area (Å²) in [5.41, 5.74) is 1.45. The minimum absolute atomic E-state index is 0.0480. The van der Waals surface area contributed by atoms with E-state index in [1.54, 1.807) is 24.3 Å². The Kier molecular flexibility index (Phi) is 4.94. The predicted octanol–water partition coefficient (Wildman–Crippen LogP) is 2.13. The van der Waals surface area contributed by atoms with Gasteiger partial charge in [-0.1, -0.05) is 12.1 Å². The van der Waals surface area contributed by atoms with Crippen LogP contribution in [0.15, 0.2) is 24.3 Å². The van der Waals surface area contributed by atoms with Crippen molar-refractivity contribution in [2.75, 3.05) is 0 Å². The zero-order valence-corrected chi connectivity index (χ0v) is 11.7. The molecule has 0 bridgehead atoms. The SMILES string of the molecule is N#CCc1ccc(C(=O)NC2CCC(C(=O)O)CC2)cc1. The monoisotopic (exact) mass is 286 g/mol. The highest BCUT2D eigenvalue weighted by molar-refractivity contribution is 5.94. The lowest BCUT2D eigenvalue weighted by Crippen LogP contribution is -2.38. The van der Waals surface area contributed by atoms with Crippen LogP contribution in [0.25, 0.3) is 0 Å². The van der Waals surface area contributed by atoms with Gasteiger partial charge in [-0.25, -0.2) is 0 Å². The second-order valence-electron chi connectivity index (χ2n) is 5.39. The fourth-order valence-electron chi connectivity index (χ4n) is 2.62. The number of nitrogens with zero attached hydrogens (tertiary/aromatic N) is 1. The number of nitrogens with one attached hydrogen (secondary N) is 1. The maximum Gasteiger partial charge on any atom is 0.306 e. The van der Waals surface area contributed by atoms with Crippen LogP contribution in [-0.2, 0) is 11.2 Å². The van der Waals surface area contributed by atoms with E-state index in [4.69, 9.17) is 10.4 Å². The van der Waals surface area contributed by atoms with Gasteiger partial charge in [0.05, 0.1) is 18.4 Å². The molecule has 2 N–H and O–H groups in total. The van der Waals surface area contributed by atoms with Crippen molar-refractivity contribution in [3.63, 3.8) is 0 Å². The number of hydrogen-bond acceptors (Lipinski definition) is 3. The first-order valence-electron chi connectivity index (χ1n) is 7.09. The molecule has 110 valence electrons. The summed E-state index contributed by atoms with van der Waals surface area (Å²) in [7, 11) is 0. The lowest BCUT2D eigenvalue weighted by atomic mass is 9.86. The van der Waals surface area contributed by atoms with Crippen molar-refractivity contribution in [3.8, 4) is 6.07 Å². The van der Waals surface area contributed by atoms with Crippen LogP contribution in [0.1, 0.15) is 41.6 Å². The number of carbonyl (C=O) groups is 2. The van der Waals surface area contributed by atoms with E-state index >= 15 is 0 Å². The summed E-state index contributed by atoms with van der Waals surface area (Å²) in [5.74, 6) is -1.16. The molecule has 1 aliphatic carbocycles. The first-order valence-corrected chi connectivity index (χ1v) is 7.09. The average molecular weight is 286 g/mol. The molecule has 0 aromatic heterocycles. The fourth-order valence-corrected chi connectivity index (χ4v) is 2.62. The Labute approximate surface area is 123 Å². The highest BCUT2D eigenvalue weighted by atomic mass is 16.4. The van der Waals surface area contributed by atoms with E-state index in [2.05, 4.69) is 11.4 Å². The van der Waals surface area contributed by atoms with Gasteiger partial charge in [-0.05, 0) is 43.4 Å². The smallest absolute Gasteiger partial charge is 0.306 e. The predicted molar refractivity (Wildman–Crippen MR) is 76.6 cm³/mol. The number of hydrogen-bond donors (Lipinski definition) is 2. The van der Waals surface area contributed by atoms with Gasteiger partial charge < -0.3 is 10.4 Å². The lowest BCUT2D eigenvalue weighted by molar-refractivity contribution is -0.142. The quantitative estimate of drug-likeness (QED) is 0.887. The highest BCUT2D eigenvalue weighted by Gasteiger charge is 2.26. The van der Waals surface area contributed by atoms with Crippen molar-refractivity contribution < 1.29 is 14.7 Å². The number of rotatable bonds is 4. The second-order valence-corrected chi connectivity index (χ2v) is 5.39. The molecule has 5 nitrogen and oxygen atoms in total. The first-order chi connectivity index (χ1) is 10.1. The van der Waals surface area contributed by atoms with Crippen LogP contribution in [0.5, 0.6) is 0 Å². The standard InChI is InChI=1S/C16H18N2O3/c17-10-9-11-1-3-12(4-2-11)15(19)18-14-7-5-13(6-8-14)16(20)21/h1-4,13-14H,5-9H2,(H,18,19)(H,20,21). The van der Waals surface area contributed by atoms with Crippen molar-refractivity contribution in [1.29, 1.82) is 5.26 Å². The topological polar surface area (TPSA) is 90.2 Å². The largest absolute Gasteiger partial charge is 0.481 e. The van der Waals surface area contributed by atoms with Crippen LogP contribution < -0.4 is 5.32 Å². The Morgan fingerprint density at radius 1 is 1.19 bits per heavy atom. The summed E-state index contributed by atoms with van der Waals surface area (Å²) in [6.45, 7) is 0. The van der Waals surface area contributed by atoms with Crippen molar-refractivity contribution in [1.82, 2.24) is 5.32 Å². The molecule has 1 saturated carbocycles. The molecule has 0 saturated heterocycles. The van der Waals surface area contributed by atoms with Crippen molar-refractivity contribution in [2.45, 2.75) is 38.1 Å². The molecule has 0 radical (unpaired) electrons. The van der Waals surface area contributed by atoms with E-state index in [1.165, 1.54) is 0 Å². The minimum atomic E-state index is -0.743. The van der Waals surface area contributed by atoms with Gasteiger partial charge in [-0.15, -0.1) is 0 Å². The van der Waals surface area contributed by atoms with E-state index in [1.807, 2.05) is 0 Å². The highest BCUT2D eigenvalue weighted by Crippen LogP contribution is 2.24. The molecule has 0 atom stereocenters. The number of carboxylic acids is 1. The van der Waals surface area contributed by atoms with Gasteiger partial charge >= 0.3 is 5.97 Å². The molecule has 21 heavy (non-hydrogen) atoms. The van der Waals surface area contributed by atoms with Gasteiger partial charge in [0.15, 0.2) is 0 Å². The number of aliphatic carboxylic acids is 1. The Bertz CT molecular complexity index is 552. The van der Waals surface area contributed by atoms with Crippen molar-refractivity contribution in [2.24, 2.45) is 5.92 Å². The molecule has 1 fully saturated rings. The van der Waals surface area contributed by atoms with Gasteiger partial charge in [-0.2, -0.15) is 5.26 Å². The summed E-state index contributed by atoms with van der Waals surface area (Å²) in [6, 6.07) is 9.09. The molecule has 1 aromatic carbocycles. The van der Waals surface area contributed by atoms with Crippen molar-refractivity contribution in [3.05, 3.63) is 35.4 Å². The maximum absolute atomic E-state index is 12.1.